The molecule has 0 radical (unpaired) electrons. The van der Waals surface area contributed by atoms with Gasteiger partial charge in [-0.25, -0.2) is 0 Å². The highest BCUT2D eigenvalue weighted by Gasteiger charge is 2.20. The van der Waals surface area contributed by atoms with Gasteiger partial charge < -0.3 is 29.4 Å². The summed E-state index contributed by atoms with van der Waals surface area (Å²) in [4.78, 5) is 15.8. The van der Waals surface area contributed by atoms with E-state index in [9.17, 15) is 0 Å². The predicted octanol–water partition coefficient (Wildman–Crippen LogP) is 24.8. The maximum Gasteiger partial charge on any atom is 0.00300 e. The Labute approximate surface area is 558 Å². The van der Waals surface area contributed by atoms with Crippen molar-refractivity contribution in [2.24, 2.45) is 32.5 Å². The van der Waals surface area contributed by atoms with E-state index in [0.29, 0.717) is 32.5 Å². The number of hydrogen-bond acceptors (Lipinski definition) is 6. The van der Waals surface area contributed by atoms with Crippen LogP contribution in [0, 0.1) is 32.5 Å². The monoisotopic (exact) mass is 1240 g/mol. The van der Waals surface area contributed by atoms with Crippen LogP contribution < -0.4 is 0 Å². The first-order chi connectivity index (χ1) is 38.0. The molecule has 0 unspecified atom stereocenters. The van der Waals surface area contributed by atoms with Gasteiger partial charge in [0.25, 0.3) is 0 Å². The number of nitrogens with zero attached hydrogens (tertiary/aromatic N) is 6. The Morgan fingerprint density at radius 3 is 0.609 bits per heavy atom. The summed E-state index contributed by atoms with van der Waals surface area (Å²) < 4.78 is 0. The summed E-state index contributed by atoms with van der Waals surface area (Å²) in [6.45, 7) is 66.2. The van der Waals surface area contributed by atoms with Gasteiger partial charge in [-0.1, -0.05) is 246 Å². The van der Waals surface area contributed by atoms with Crippen molar-refractivity contribution in [2.45, 2.75) is 381 Å². The molecule has 0 aromatic heterocycles. The number of hydrogen-bond donors (Lipinski definition) is 0. The van der Waals surface area contributed by atoms with Gasteiger partial charge in [0.15, 0.2) is 0 Å². The first-order valence-electron chi connectivity index (χ1n) is 36.3. The fourth-order valence-corrected chi connectivity index (χ4v) is 12.5. The lowest BCUT2D eigenvalue weighted by atomic mass is 9.89. The summed E-state index contributed by atoms with van der Waals surface area (Å²) in [5, 5.41) is 0. The molecule has 0 amide bonds. The van der Waals surface area contributed by atoms with E-state index in [-0.39, 0.29) is 44.6 Å². The number of rotatable bonds is 21. The molecule has 0 aliphatic carbocycles. The molecule has 6 heteroatoms. The molecule has 6 aliphatic rings. The zero-order valence-corrected chi connectivity index (χ0v) is 59.7. The summed E-state index contributed by atoms with van der Waals surface area (Å²) in [6, 6.07) is 0. The predicted molar refractivity (Wildman–Crippen MR) is 408 cm³/mol. The Kier molecular flexibility index (Phi) is 63.1. The van der Waals surface area contributed by atoms with E-state index in [1.165, 1.54) is 330 Å². The fraction of sp³-hybridized carbons (Fsp3) is 1.00. The maximum absolute atomic E-state index is 2.66. The SMILES string of the molecule is C.C.C.C.C.C.CC(C)(C)CCCCCCN1CCCCC1.CC(C)(C)CCCCCN1CCCCC1.CC(C)(C)CCCCN1CCCCC1.CC(C)(C)CCCN1CCCCC1.CC(C)(C)CCN1CCCCC1.CC(C)(C)CN1CCCCC1. The lowest BCUT2D eigenvalue weighted by Crippen LogP contribution is -2.36. The molecule has 534 valence electrons. The van der Waals surface area contributed by atoms with Crippen molar-refractivity contribution in [2.75, 3.05) is 118 Å². The van der Waals surface area contributed by atoms with Gasteiger partial charge in [-0.2, -0.15) is 0 Å². The molecule has 0 atom stereocenters. The van der Waals surface area contributed by atoms with Crippen molar-refractivity contribution in [3.8, 4) is 0 Å². The van der Waals surface area contributed by atoms with Crippen LogP contribution in [0.5, 0.6) is 0 Å². The molecule has 6 aliphatic heterocycles. The van der Waals surface area contributed by atoms with Crippen molar-refractivity contribution < 1.29 is 0 Å². The molecule has 0 aromatic rings. The number of unbranched alkanes of at least 4 members (excludes halogenated alkanes) is 6. The highest BCUT2D eigenvalue weighted by Crippen LogP contribution is 2.26. The Morgan fingerprint density at radius 2 is 0.356 bits per heavy atom. The summed E-state index contributed by atoms with van der Waals surface area (Å²) >= 11 is 0. The zero-order valence-electron chi connectivity index (χ0n) is 59.7. The van der Waals surface area contributed by atoms with Gasteiger partial charge in [0.1, 0.15) is 0 Å². The third-order valence-corrected chi connectivity index (χ3v) is 17.7. The fourth-order valence-electron chi connectivity index (χ4n) is 12.5. The quantitative estimate of drug-likeness (QED) is 0.106. The summed E-state index contributed by atoms with van der Waals surface area (Å²) in [6.07, 6.45) is 46.8. The molecule has 87 heavy (non-hydrogen) atoms. The van der Waals surface area contributed by atoms with Crippen LogP contribution in [0.4, 0.5) is 0 Å². The van der Waals surface area contributed by atoms with Crippen molar-refractivity contribution in [3.63, 3.8) is 0 Å². The van der Waals surface area contributed by atoms with Crippen molar-refractivity contribution >= 4 is 0 Å². The van der Waals surface area contributed by atoms with Crippen LogP contribution in [0.15, 0.2) is 0 Å². The smallest absolute Gasteiger partial charge is 0.00300 e. The van der Waals surface area contributed by atoms with Gasteiger partial charge in [0, 0.05) is 6.54 Å². The first-order valence-corrected chi connectivity index (χ1v) is 36.3. The van der Waals surface area contributed by atoms with E-state index in [2.05, 4.69) is 154 Å². The Bertz CT molecular complexity index is 1350. The average Bonchev–Trinajstić information content (AvgIpc) is 3.51. The second-order valence-electron chi connectivity index (χ2n) is 34.5. The maximum atomic E-state index is 2.66. The van der Waals surface area contributed by atoms with E-state index in [1.807, 2.05) is 0 Å². The molecular weight excluding hydrogens is 1060 g/mol. The van der Waals surface area contributed by atoms with Gasteiger partial charge >= 0.3 is 0 Å². The van der Waals surface area contributed by atoms with E-state index in [4.69, 9.17) is 0 Å². The van der Waals surface area contributed by atoms with Gasteiger partial charge in [-0.3, -0.25) is 0 Å². The van der Waals surface area contributed by atoms with Crippen LogP contribution in [0.3, 0.4) is 0 Å². The third-order valence-electron chi connectivity index (χ3n) is 17.7. The molecule has 6 fully saturated rings. The standard InChI is InChI=1S/C15H31N.C14H29N.C13H27N.C12H25N.C11H23N.C10H21N.6CH4/c1-15(2,3)11-7-4-5-8-12-16-13-9-6-10-14-16;1-14(2,3)10-6-4-7-11-15-12-8-5-9-13-15;1-13(2,3)9-5-8-12-14-10-6-4-7-11-14;1-12(2,3)8-7-11-13-9-5-4-6-10-13;1-11(2,3)7-10-12-8-5-4-6-9-12;1-10(2,3)9-11-7-5-4-6-8-11;;;;;;/h4-14H2,1-3H3;4-13H2,1-3H3;4-12H2,1-3H3;4-11H2,1-3H3;4-10H2,1-3H3;4-9H2,1-3H3;6*1H4. The topological polar surface area (TPSA) is 19.4 Å². The van der Waals surface area contributed by atoms with E-state index in [0.717, 1.165) is 0 Å². The Hall–Kier alpha value is -0.240. The summed E-state index contributed by atoms with van der Waals surface area (Å²) in [5.74, 6) is 0. The highest BCUT2D eigenvalue weighted by atomic mass is 15.1. The average molecular weight is 1240 g/mol. The Balaban J connectivity index is -0.000000224. The zero-order chi connectivity index (χ0) is 60.5. The van der Waals surface area contributed by atoms with Crippen molar-refractivity contribution in [1.82, 2.24) is 29.4 Å². The molecule has 0 bridgehead atoms. The molecule has 6 saturated heterocycles. The largest absolute Gasteiger partial charge is 0.303 e. The van der Waals surface area contributed by atoms with E-state index in [1.54, 1.807) is 0 Å². The lowest BCUT2D eigenvalue weighted by molar-refractivity contribution is 0.164. The van der Waals surface area contributed by atoms with Crippen LogP contribution in [0.1, 0.15) is 381 Å². The minimum Gasteiger partial charge on any atom is -0.303 e. The van der Waals surface area contributed by atoms with Gasteiger partial charge in [-0.05, 0) is 279 Å². The van der Waals surface area contributed by atoms with Crippen LogP contribution in [0.2, 0.25) is 0 Å². The molecular formula is C81H180N6. The molecule has 0 N–H and O–H groups in total. The summed E-state index contributed by atoms with van der Waals surface area (Å²) in [7, 11) is 0. The highest BCUT2D eigenvalue weighted by molar-refractivity contribution is 4.74. The molecule has 0 spiro atoms. The number of piperidine rings is 6. The van der Waals surface area contributed by atoms with Gasteiger partial charge in [0.05, 0.1) is 0 Å². The Morgan fingerprint density at radius 1 is 0.172 bits per heavy atom. The van der Waals surface area contributed by atoms with Gasteiger partial charge in [-0.15, -0.1) is 0 Å². The van der Waals surface area contributed by atoms with E-state index >= 15 is 0 Å². The van der Waals surface area contributed by atoms with Gasteiger partial charge in [0.2, 0.25) is 0 Å². The third kappa shape index (κ3) is 69.9. The second-order valence-corrected chi connectivity index (χ2v) is 34.5. The van der Waals surface area contributed by atoms with Crippen molar-refractivity contribution in [1.29, 1.82) is 0 Å². The van der Waals surface area contributed by atoms with Crippen LogP contribution in [0.25, 0.3) is 0 Å². The second kappa shape index (κ2) is 56.1. The number of likely N-dealkylation sites (tertiary alicyclic amines) is 6. The molecule has 0 aromatic carbocycles. The van der Waals surface area contributed by atoms with Crippen LogP contribution >= 0.6 is 0 Å². The van der Waals surface area contributed by atoms with E-state index < -0.39 is 0 Å². The van der Waals surface area contributed by atoms with Crippen molar-refractivity contribution in [3.05, 3.63) is 0 Å². The first kappa shape index (κ1) is 97.8. The molecule has 6 nitrogen and oxygen atoms in total. The van der Waals surface area contributed by atoms with Crippen LogP contribution in [-0.2, 0) is 0 Å². The normalized spacial score (nSPS) is 18.8. The minimum atomic E-state index is 0. The minimum absolute atomic E-state index is 0. The molecule has 6 heterocycles. The lowest BCUT2D eigenvalue weighted by Gasteiger charge is -2.32. The molecule has 6 rings (SSSR count). The van der Waals surface area contributed by atoms with Crippen LogP contribution in [-0.4, -0.2) is 147 Å². The molecule has 0 saturated carbocycles. The summed E-state index contributed by atoms with van der Waals surface area (Å²) in [5.41, 5.74) is 3.12.